The minimum Gasteiger partial charge on any atom is -0.430 e. The molecule has 1 heterocycles. The first-order chi connectivity index (χ1) is 3.83. The Morgan fingerprint density at radius 1 is 1.75 bits per heavy atom. The first-order valence-corrected chi connectivity index (χ1v) is 2.35. The van der Waals surface area contributed by atoms with Crippen LogP contribution >= 0.6 is 0 Å². The molecule has 1 rings (SSSR count). The summed E-state index contributed by atoms with van der Waals surface area (Å²) in [7, 11) is 0. The first kappa shape index (κ1) is 5.09. The quantitative estimate of drug-likeness (QED) is 0.471. The van der Waals surface area contributed by atoms with E-state index >= 15 is 0 Å². The molecule has 0 amide bonds. The van der Waals surface area contributed by atoms with Crippen molar-refractivity contribution in [3.05, 3.63) is 24.5 Å². The molecule has 0 aromatic heterocycles. The summed E-state index contributed by atoms with van der Waals surface area (Å²) in [5.41, 5.74) is 0. The highest BCUT2D eigenvalue weighted by Crippen LogP contribution is 2.16. The van der Waals surface area contributed by atoms with E-state index in [1.807, 2.05) is 0 Å². The van der Waals surface area contributed by atoms with Gasteiger partial charge in [0.25, 0.3) is 0 Å². The molecule has 0 N–H and O–H groups in total. The Morgan fingerprint density at radius 2 is 2.38 bits per heavy atom. The van der Waals surface area contributed by atoms with Gasteiger partial charge in [0.05, 0.1) is 0 Å². The van der Waals surface area contributed by atoms with Gasteiger partial charge in [0.15, 0.2) is 0 Å². The van der Waals surface area contributed by atoms with Crippen molar-refractivity contribution in [3.63, 3.8) is 0 Å². The van der Waals surface area contributed by atoms with Crippen molar-refractivity contribution in [3.8, 4) is 0 Å². The summed E-state index contributed by atoms with van der Waals surface area (Å²) in [4.78, 5) is 10.1. The van der Waals surface area contributed by atoms with Crippen LogP contribution in [0.4, 0.5) is 0 Å². The molecule has 0 saturated carbocycles. The molecule has 0 aromatic rings. The molecule has 0 aromatic carbocycles. The van der Waals surface area contributed by atoms with Crippen LogP contribution < -0.4 is 0 Å². The van der Waals surface area contributed by atoms with Gasteiger partial charge in [-0.05, 0) is 6.08 Å². The van der Waals surface area contributed by atoms with Crippen LogP contribution in [0.5, 0.6) is 0 Å². The van der Waals surface area contributed by atoms with Crippen molar-refractivity contribution < 1.29 is 9.53 Å². The van der Waals surface area contributed by atoms with Crippen molar-refractivity contribution in [1.82, 2.24) is 0 Å². The number of hydrogen-bond donors (Lipinski definition) is 0. The first-order valence-electron chi connectivity index (χ1n) is 2.35. The number of hydrogen-bond acceptors (Lipinski definition) is 2. The van der Waals surface area contributed by atoms with Crippen molar-refractivity contribution in [2.45, 2.75) is 6.42 Å². The number of rotatable bonds is 1. The lowest BCUT2D eigenvalue weighted by atomic mass is 10.2. The number of carbonyl (C=O) groups excluding carboxylic acids is 1. The summed E-state index contributed by atoms with van der Waals surface area (Å²) in [6.07, 6.45) is 3.72. The molecule has 1 aliphatic rings. The van der Waals surface area contributed by atoms with Gasteiger partial charge >= 0.3 is 5.97 Å². The molecule has 0 atom stereocenters. The molecule has 2 heteroatoms. The van der Waals surface area contributed by atoms with E-state index < -0.39 is 0 Å². The van der Waals surface area contributed by atoms with Crippen molar-refractivity contribution in [2.75, 3.05) is 0 Å². The highest BCUT2D eigenvalue weighted by molar-refractivity contribution is 5.79. The maximum Gasteiger partial charge on any atom is 0.318 e. The molecular formula is C6H6O2. The minimum atomic E-state index is -0.155. The zero-order valence-corrected chi connectivity index (χ0v) is 4.39. The fourth-order valence-electron chi connectivity index (χ4n) is 0.505. The van der Waals surface area contributed by atoms with Gasteiger partial charge in [-0.2, -0.15) is 0 Å². The normalized spacial score (nSPS) is 22.0. The Balaban J connectivity index is 2.44. The average Bonchev–Trinajstić information content (AvgIpc) is 1.64. The van der Waals surface area contributed by atoms with E-state index in [0.717, 1.165) is 0 Å². The zero-order valence-electron chi connectivity index (χ0n) is 4.39. The van der Waals surface area contributed by atoms with Gasteiger partial charge < -0.3 is 4.74 Å². The van der Waals surface area contributed by atoms with E-state index in [9.17, 15) is 4.79 Å². The third kappa shape index (κ3) is 0.780. The summed E-state index contributed by atoms with van der Waals surface area (Å²) in [5.74, 6) is 0.558. The maximum atomic E-state index is 10.1. The summed E-state index contributed by atoms with van der Waals surface area (Å²) >= 11 is 0. The predicted molar refractivity (Wildman–Crippen MR) is 29.0 cm³/mol. The molecule has 2 nitrogen and oxygen atoms in total. The van der Waals surface area contributed by atoms with E-state index in [0.29, 0.717) is 12.2 Å². The zero-order chi connectivity index (χ0) is 5.98. The summed E-state index contributed by atoms with van der Waals surface area (Å²) < 4.78 is 4.53. The highest BCUT2D eigenvalue weighted by Gasteiger charge is 2.19. The SMILES string of the molecule is C=CC=C1CC(=O)O1. The Hall–Kier alpha value is -1.05. The summed E-state index contributed by atoms with van der Waals surface area (Å²) in [6, 6.07) is 0. The second-order valence-corrected chi connectivity index (χ2v) is 1.52. The Morgan fingerprint density at radius 3 is 2.75 bits per heavy atom. The van der Waals surface area contributed by atoms with Crippen LogP contribution in [0, 0.1) is 0 Å². The molecule has 0 spiro atoms. The van der Waals surface area contributed by atoms with Gasteiger partial charge in [-0.1, -0.05) is 12.7 Å². The lowest BCUT2D eigenvalue weighted by molar-refractivity contribution is -0.148. The molecule has 0 radical (unpaired) electrons. The van der Waals surface area contributed by atoms with Crippen LogP contribution in [0.2, 0.25) is 0 Å². The summed E-state index contributed by atoms with van der Waals surface area (Å²) in [5, 5.41) is 0. The van der Waals surface area contributed by atoms with Crippen molar-refractivity contribution in [1.29, 1.82) is 0 Å². The van der Waals surface area contributed by atoms with Crippen LogP contribution in [0.3, 0.4) is 0 Å². The van der Waals surface area contributed by atoms with Crippen LogP contribution in [-0.2, 0) is 9.53 Å². The Labute approximate surface area is 47.5 Å². The minimum absolute atomic E-state index is 0.155. The molecule has 1 saturated heterocycles. The molecule has 0 aliphatic carbocycles. The van der Waals surface area contributed by atoms with E-state index in [1.165, 1.54) is 0 Å². The lowest BCUT2D eigenvalue weighted by Gasteiger charge is -2.14. The molecule has 1 aliphatic heterocycles. The van der Waals surface area contributed by atoms with Crippen LogP contribution in [0.1, 0.15) is 6.42 Å². The molecule has 1 fully saturated rings. The fourth-order valence-corrected chi connectivity index (χ4v) is 0.505. The van der Waals surface area contributed by atoms with Gasteiger partial charge in [0, 0.05) is 0 Å². The number of ether oxygens (including phenoxy) is 1. The molecule has 0 bridgehead atoms. The molecule has 42 valence electrons. The Bertz CT molecular complexity index is 146. The van der Waals surface area contributed by atoms with E-state index in [-0.39, 0.29) is 5.97 Å². The fraction of sp³-hybridized carbons (Fsp3) is 0.167. The van der Waals surface area contributed by atoms with E-state index in [2.05, 4.69) is 11.3 Å². The third-order valence-electron chi connectivity index (χ3n) is 0.867. The smallest absolute Gasteiger partial charge is 0.318 e. The number of carbonyl (C=O) groups is 1. The second kappa shape index (κ2) is 1.82. The van der Waals surface area contributed by atoms with Gasteiger partial charge in [0.2, 0.25) is 0 Å². The monoisotopic (exact) mass is 110 g/mol. The van der Waals surface area contributed by atoms with Gasteiger partial charge in [-0.3, -0.25) is 4.79 Å². The predicted octanol–water partition coefficient (Wildman–Crippen LogP) is 1.00. The second-order valence-electron chi connectivity index (χ2n) is 1.52. The number of esters is 1. The molecule has 8 heavy (non-hydrogen) atoms. The van der Waals surface area contributed by atoms with Gasteiger partial charge in [-0.25, -0.2) is 0 Å². The van der Waals surface area contributed by atoms with E-state index in [1.54, 1.807) is 12.2 Å². The molecule has 0 unspecified atom stereocenters. The Kier molecular flexibility index (Phi) is 1.16. The standard InChI is InChI=1S/C6H6O2/c1-2-3-5-4-6(7)8-5/h2-3H,1,4H2. The van der Waals surface area contributed by atoms with Crippen LogP contribution in [0.15, 0.2) is 24.5 Å². The largest absolute Gasteiger partial charge is 0.430 e. The molecular weight excluding hydrogens is 104 g/mol. The van der Waals surface area contributed by atoms with Crippen molar-refractivity contribution >= 4 is 5.97 Å². The number of allylic oxidation sites excluding steroid dienone is 2. The topological polar surface area (TPSA) is 26.3 Å². The van der Waals surface area contributed by atoms with Crippen LogP contribution in [0.25, 0.3) is 0 Å². The average molecular weight is 110 g/mol. The van der Waals surface area contributed by atoms with Crippen LogP contribution in [-0.4, -0.2) is 5.97 Å². The highest BCUT2D eigenvalue weighted by atomic mass is 16.6. The lowest BCUT2D eigenvalue weighted by Crippen LogP contribution is -2.16. The van der Waals surface area contributed by atoms with E-state index in [4.69, 9.17) is 0 Å². The summed E-state index contributed by atoms with van der Waals surface area (Å²) in [6.45, 7) is 3.44. The van der Waals surface area contributed by atoms with Gasteiger partial charge in [0.1, 0.15) is 12.2 Å². The maximum absolute atomic E-state index is 10.1. The number of cyclic esters (lactones) is 1. The third-order valence-corrected chi connectivity index (χ3v) is 0.867. The van der Waals surface area contributed by atoms with Gasteiger partial charge in [-0.15, -0.1) is 0 Å². The van der Waals surface area contributed by atoms with Crippen molar-refractivity contribution in [2.24, 2.45) is 0 Å².